The van der Waals surface area contributed by atoms with Crippen LogP contribution in [0.1, 0.15) is 5.69 Å². The van der Waals surface area contributed by atoms with Crippen molar-refractivity contribution < 1.29 is 0 Å². The second kappa shape index (κ2) is 3.97. The van der Waals surface area contributed by atoms with Gasteiger partial charge in [-0.1, -0.05) is 6.07 Å². The average Bonchev–Trinajstić information content (AvgIpc) is 2.93. The number of hydrogen-bond donors (Lipinski definition) is 1. The molecular formula is C10H10N4S2. The van der Waals surface area contributed by atoms with E-state index in [-0.39, 0.29) is 0 Å². The van der Waals surface area contributed by atoms with Gasteiger partial charge in [-0.15, -0.1) is 27.8 Å². The molecule has 4 nitrogen and oxygen atoms in total. The molecule has 3 aromatic heterocycles. The van der Waals surface area contributed by atoms with Crippen molar-refractivity contribution in [1.29, 1.82) is 0 Å². The lowest BCUT2D eigenvalue weighted by atomic mass is 10.3. The summed E-state index contributed by atoms with van der Waals surface area (Å²) in [6.45, 7) is 0.639. The molecule has 0 amide bonds. The fourth-order valence-corrected chi connectivity index (χ4v) is 3.06. The van der Waals surface area contributed by atoms with Crippen LogP contribution in [0.2, 0.25) is 0 Å². The smallest absolute Gasteiger partial charge is 0.212 e. The molecule has 3 heterocycles. The summed E-state index contributed by atoms with van der Waals surface area (Å²) in [5, 5.41) is 8.61. The zero-order chi connectivity index (χ0) is 11.0. The van der Waals surface area contributed by atoms with Crippen molar-refractivity contribution in [3.8, 4) is 10.7 Å². The minimum Gasteiger partial charge on any atom is -0.330 e. The minimum atomic E-state index is 0.639. The van der Waals surface area contributed by atoms with Gasteiger partial charge in [-0.25, -0.2) is 4.52 Å². The molecule has 6 heteroatoms. The minimum absolute atomic E-state index is 0.639. The highest BCUT2D eigenvalue weighted by atomic mass is 32.1. The van der Waals surface area contributed by atoms with Crippen molar-refractivity contribution in [3.05, 3.63) is 28.6 Å². The van der Waals surface area contributed by atoms with Crippen LogP contribution in [0, 0.1) is 0 Å². The van der Waals surface area contributed by atoms with Crippen molar-refractivity contribution >= 4 is 27.6 Å². The van der Waals surface area contributed by atoms with Gasteiger partial charge in [-0.2, -0.15) is 4.98 Å². The van der Waals surface area contributed by atoms with Gasteiger partial charge in [0, 0.05) is 11.8 Å². The van der Waals surface area contributed by atoms with Crippen molar-refractivity contribution in [2.75, 3.05) is 6.54 Å². The molecule has 0 unspecified atom stereocenters. The third-order valence-electron chi connectivity index (χ3n) is 2.29. The maximum absolute atomic E-state index is 5.56. The summed E-state index contributed by atoms with van der Waals surface area (Å²) in [7, 11) is 0. The van der Waals surface area contributed by atoms with Crippen molar-refractivity contribution in [2.24, 2.45) is 5.73 Å². The predicted octanol–water partition coefficient (Wildman–Crippen LogP) is 2.02. The van der Waals surface area contributed by atoms with Crippen LogP contribution >= 0.6 is 22.7 Å². The van der Waals surface area contributed by atoms with E-state index in [1.54, 1.807) is 22.7 Å². The van der Waals surface area contributed by atoms with E-state index in [1.807, 2.05) is 22.0 Å². The molecule has 0 spiro atoms. The first-order chi connectivity index (χ1) is 7.88. The summed E-state index contributed by atoms with van der Waals surface area (Å²) in [4.78, 5) is 6.54. The van der Waals surface area contributed by atoms with E-state index >= 15 is 0 Å². The Kier molecular flexibility index (Phi) is 2.47. The maximum Gasteiger partial charge on any atom is 0.212 e. The molecule has 0 aliphatic rings. The third-order valence-corrected chi connectivity index (χ3v) is 4.02. The predicted molar refractivity (Wildman–Crippen MR) is 66.9 cm³/mol. The molecule has 0 aliphatic heterocycles. The van der Waals surface area contributed by atoms with E-state index < -0.39 is 0 Å². The van der Waals surface area contributed by atoms with Crippen molar-refractivity contribution in [2.45, 2.75) is 6.42 Å². The highest BCUT2D eigenvalue weighted by Gasteiger charge is 2.11. The van der Waals surface area contributed by atoms with E-state index in [1.165, 1.54) is 0 Å². The second-order valence-electron chi connectivity index (χ2n) is 3.37. The van der Waals surface area contributed by atoms with E-state index in [2.05, 4.69) is 15.5 Å². The molecular weight excluding hydrogens is 240 g/mol. The Morgan fingerprint density at radius 1 is 1.38 bits per heavy atom. The summed E-state index contributed by atoms with van der Waals surface area (Å²) in [5.41, 5.74) is 6.69. The van der Waals surface area contributed by atoms with Gasteiger partial charge in [0.1, 0.15) is 0 Å². The van der Waals surface area contributed by atoms with Crippen molar-refractivity contribution in [1.82, 2.24) is 14.6 Å². The third kappa shape index (κ3) is 1.55. The van der Waals surface area contributed by atoms with Crippen molar-refractivity contribution in [3.63, 3.8) is 0 Å². The number of aromatic nitrogens is 3. The standard InChI is InChI=1S/C10H10N4S2/c11-4-3-7-6-16-10-12-9(13-14(7)10)8-2-1-5-15-8/h1-2,5-6H,3-4,11H2. The first kappa shape index (κ1) is 9.95. The molecule has 0 saturated carbocycles. The Labute approximate surface area is 100 Å². The Hall–Kier alpha value is -1.24. The normalized spacial score (nSPS) is 11.3. The van der Waals surface area contributed by atoms with E-state index in [9.17, 15) is 0 Å². The lowest BCUT2D eigenvalue weighted by molar-refractivity contribution is 0.844. The summed E-state index contributed by atoms with van der Waals surface area (Å²) < 4.78 is 1.90. The van der Waals surface area contributed by atoms with Crippen LogP contribution < -0.4 is 5.73 Å². The van der Waals surface area contributed by atoms with E-state index in [0.717, 1.165) is 27.8 Å². The molecule has 16 heavy (non-hydrogen) atoms. The number of thiazole rings is 1. The topological polar surface area (TPSA) is 56.2 Å². The molecule has 0 radical (unpaired) electrons. The highest BCUT2D eigenvalue weighted by Crippen LogP contribution is 2.24. The monoisotopic (exact) mass is 250 g/mol. The van der Waals surface area contributed by atoms with Crippen LogP contribution in [-0.4, -0.2) is 21.1 Å². The van der Waals surface area contributed by atoms with Crippen LogP contribution in [0.4, 0.5) is 0 Å². The van der Waals surface area contributed by atoms with Crippen LogP contribution in [-0.2, 0) is 6.42 Å². The van der Waals surface area contributed by atoms with Crippen LogP contribution in [0.5, 0.6) is 0 Å². The number of nitrogens with zero attached hydrogens (tertiary/aromatic N) is 3. The first-order valence-corrected chi connectivity index (χ1v) is 6.71. The van der Waals surface area contributed by atoms with Gasteiger partial charge in [-0.05, 0) is 18.0 Å². The number of fused-ring (bicyclic) bond motifs is 1. The van der Waals surface area contributed by atoms with Crippen LogP contribution in [0.15, 0.2) is 22.9 Å². The molecule has 0 bridgehead atoms. The molecule has 82 valence electrons. The Morgan fingerprint density at radius 2 is 2.31 bits per heavy atom. The highest BCUT2D eigenvalue weighted by molar-refractivity contribution is 7.15. The lowest BCUT2D eigenvalue weighted by Gasteiger charge is -1.92. The maximum atomic E-state index is 5.56. The van der Waals surface area contributed by atoms with Gasteiger partial charge in [0.15, 0.2) is 5.82 Å². The van der Waals surface area contributed by atoms with Gasteiger partial charge >= 0.3 is 0 Å². The molecule has 3 rings (SSSR count). The summed E-state index contributed by atoms with van der Waals surface area (Å²) in [6.07, 6.45) is 0.841. The summed E-state index contributed by atoms with van der Waals surface area (Å²) in [6, 6.07) is 4.04. The van der Waals surface area contributed by atoms with Gasteiger partial charge in [0.25, 0.3) is 0 Å². The molecule has 3 aromatic rings. The Morgan fingerprint density at radius 3 is 3.06 bits per heavy atom. The number of thiophene rings is 1. The molecule has 0 atom stereocenters. The van der Waals surface area contributed by atoms with Gasteiger partial charge in [0.05, 0.1) is 10.6 Å². The lowest BCUT2D eigenvalue weighted by Crippen LogP contribution is -2.05. The molecule has 0 aliphatic carbocycles. The van der Waals surface area contributed by atoms with E-state index in [0.29, 0.717) is 6.54 Å². The average molecular weight is 250 g/mol. The molecule has 0 fully saturated rings. The fourth-order valence-electron chi connectivity index (χ4n) is 1.55. The zero-order valence-electron chi connectivity index (χ0n) is 8.46. The zero-order valence-corrected chi connectivity index (χ0v) is 10.1. The summed E-state index contributed by atoms with van der Waals surface area (Å²) >= 11 is 3.27. The fraction of sp³-hybridized carbons (Fsp3) is 0.200. The number of nitrogens with two attached hydrogens (primary N) is 1. The molecule has 0 aromatic carbocycles. The van der Waals surface area contributed by atoms with Gasteiger partial charge in [-0.3, -0.25) is 0 Å². The SMILES string of the molecule is NCCc1csc2nc(-c3cccs3)nn12. The Bertz CT molecular complexity index is 593. The van der Waals surface area contributed by atoms with Crippen LogP contribution in [0.25, 0.3) is 15.7 Å². The quantitative estimate of drug-likeness (QED) is 0.773. The second-order valence-corrected chi connectivity index (χ2v) is 5.16. The first-order valence-electron chi connectivity index (χ1n) is 4.95. The number of hydrogen-bond acceptors (Lipinski definition) is 5. The van der Waals surface area contributed by atoms with Gasteiger partial charge in [0.2, 0.25) is 4.96 Å². The summed E-state index contributed by atoms with van der Waals surface area (Å²) in [5.74, 6) is 0.806. The van der Waals surface area contributed by atoms with Gasteiger partial charge < -0.3 is 5.73 Å². The van der Waals surface area contributed by atoms with Crippen LogP contribution in [0.3, 0.4) is 0 Å². The Balaban J connectivity index is 2.09. The molecule has 2 N–H and O–H groups in total. The largest absolute Gasteiger partial charge is 0.330 e. The number of rotatable bonds is 3. The van der Waals surface area contributed by atoms with E-state index in [4.69, 9.17) is 5.73 Å². The molecule has 0 saturated heterocycles.